The number of esters is 1. The Morgan fingerprint density at radius 2 is 1.77 bits per heavy atom. The molecule has 3 rings (SSSR count). The molecule has 30 heavy (non-hydrogen) atoms. The standard InChI is InChI=1S/C24H27NO5/c1-5-28-22-13-20-18(23(26)19(14-25-20)24(27)29-6-2)12-21(22)30-10-9-17-11-15(3)7-8-16(17)4/h7-8,11-14H,5-6,9-10H2,1-4H3,(H,25,26). The van der Waals surface area contributed by atoms with Crippen LogP contribution in [-0.2, 0) is 11.2 Å². The second kappa shape index (κ2) is 9.48. The largest absolute Gasteiger partial charge is 0.490 e. The van der Waals surface area contributed by atoms with E-state index in [4.69, 9.17) is 14.2 Å². The predicted molar refractivity (Wildman–Crippen MR) is 117 cm³/mol. The van der Waals surface area contributed by atoms with Crippen molar-refractivity contribution in [1.29, 1.82) is 0 Å². The lowest BCUT2D eigenvalue weighted by Crippen LogP contribution is -2.18. The third kappa shape index (κ3) is 4.64. The van der Waals surface area contributed by atoms with E-state index in [9.17, 15) is 9.59 Å². The van der Waals surface area contributed by atoms with Crippen molar-refractivity contribution in [3.05, 3.63) is 69.0 Å². The first-order chi connectivity index (χ1) is 14.4. The van der Waals surface area contributed by atoms with Gasteiger partial charge < -0.3 is 19.2 Å². The van der Waals surface area contributed by atoms with Crippen LogP contribution < -0.4 is 14.9 Å². The van der Waals surface area contributed by atoms with Gasteiger partial charge in [-0.2, -0.15) is 0 Å². The molecule has 0 atom stereocenters. The van der Waals surface area contributed by atoms with Crippen molar-refractivity contribution in [2.24, 2.45) is 0 Å². The average molecular weight is 409 g/mol. The molecule has 158 valence electrons. The van der Waals surface area contributed by atoms with Crippen molar-refractivity contribution in [2.75, 3.05) is 19.8 Å². The van der Waals surface area contributed by atoms with Gasteiger partial charge in [-0.3, -0.25) is 4.79 Å². The Balaban J connectivity index is 1.92. The van der Waals surface area contributed by atoms with Gasteiger partial charge >= 0.3 is 5.97 Å². The van der Waals surface area contributed by atoms with Crippen LogP contribution >= 0.6 is 0 Å². The molecule has 0 radical (unpaired) electrons. The molecule has 0 fully saturated rings. The zero-order valence-electron chi connectivity index (χ0n) is 17.8. The Bertz CT molecular complexity index is 1120. The van der Waals surface area contributed by atoms with E-state index in [2.05, 4.69) is 37.0 Å². The van der Waals surface area contributed by atoms with E-state index < -0.39 is 11.4 Å². The van der Waals surface area contributed by atoms with Crippen LogP contribution in [0.4, 0.5) is 0 Å². The fourth-order valence-electron chi connectivity index (χ4n) is 3.31. The lowest BCUT2D eigenvalue weighted by molar-refractivity contribution is 0.0524. The minimum Gasteiger partial charge on any atom is -0.490 e. The molecule has 0 saturated carbocycles. The summed E-state index contributed by atoms with van der Waals surface area (Å²) in [6.07, 6.45) is 2.11. The molecule has 0 spiro atoms. The van der Waals surface area contributed by atoms with Crippen molar-refractivity contribution in [3.8, 4) is 11.5 Å². The Hall–Kier alpha value is -3.28. The third-order valence-electron chi connectivity index (χ3n) is 4.87. The van der Waals surface area contributed by atoms with Gasteiger partial charge in [0.1, 0.15) is 5.56 Å². The van der Waals surface area contributed by atoms with Gasteiger partial charge in [-0.1, -0.05) is 23.8 Å². The van der Waals surface area contributed by atoms with E-state index in [1.165, 1.54) is 22.9 Å². The number of carbonyl (C=O) groups is 1. The monoisotopic (exact) mass is 409 g/mol. The van der Waals surface area contributed by atoms with Gasteiger partial charge in [-0.25, -0.2) is 4.79 Å². The normalized spacial score (nSPS) is 10.8. The number of ether oxygens (including phenoxy) is 3. The second-order valence-corrected chi connectivity index (χ2v) is 7.06. The first kappa shape index (κ1) is 21.4. The van der Waals surface area contributed by atoms with Crippen molar-refractivity contribution in [2.45, 2.75) is 34.1 Å². The summed E-state index contributed by atoms with van der Waals surface area (Å²) in [5.41, 5.74) is 3.77. The van der Waals surface area contributed by atoms with Crippen molar-refractivity contribution in [1.82, 2.24) is 4.98 Å². The summed E-state index contributed by atoms with van der Waals surface area (Å²) < 4.78 is 16.7. The van der Waals surface area contributed by atoms with E-state index in [0.717, 1.165) is 6.42 Å². The van der Waals surface area contributed by atoms with E-state index >= 15 is 0 Å². The van der Waals surface area contributed by atoms with Gasteiger partial charge in [-0.15, -0.1) is 0 Å². The number of nitrogens with one attached hydrogen (secondary N) is 1. The van der Waals surface area contributed by atoms with Crippen LogP contribution in [0, 0.1) is 13.8 Å². The number of aryl methyl sites for hydroxylation is 2. The summed E-state index contributed by atoms with van der Waals surface area (Å²) in [6.45, 7) is 8.82. The topological polar surface area (TPSA) is 77.6 Å². The van der Waals surface area contributed by atoms with Crippen molar-refractivity contribution < 1.29 is 19.0 Å². The molecular formula is C24H27NO5. The van der Waals surface area contributed by atoms with Crippen LogP contribution in [0.15, 0.2) is 41.3 Å². The summed E-state index contributed by atoms with van der Waals surface area (Å²) >= 11 is 0. The molecule has 0 bridgehead atoms. The van der Waals surface area contributed by atoms with E-state index in [0.29, 0.717) is 35.6 Å². The highest BCUT2D eigenvalue weighted by atomic mass is 16.5. The van der Waals surface area contributed by atoms with Gasteiger partial charge in [0.2, 0.25) is 5.43 Å². The summed E-state index contributed by atoms with van der Waals surface area (Å²) in [5, 5.41) is 0.353. The lowest BCUT2D eigenvalue weighted by Gasteiger charge is -2.14. The number of pyridine rings is 1. The molecule has 0 aliphatic carbocycles. The average Bonchev–Trinajstić information content (AvgIpc) is 2.72. The Labute approximate surface area is 175 Å². The molecule has 0 amide bonds. The van der Waals surface area contributed by atoms with Crippen molar-refractivity contribution >= 4 is 16.9 Å². The van der Waals surface area contributed by atoms with Crippen LogP contribution in [0.2, 0.25) is 0 Å². The molecule has 1 heterocycles. The molecule has 6 heteroatoms. The summed E-state index contributed by atoms with van der Waals surface area (Å²) in [4.78, 5) is 27.9. The van der Waals surface area contributed by atoms with Gasteiger partial charge in [0, 0.05) is 18.7 Å². The van der Waals surface area contributed by atoms with Gasteiger partial charge in [0.15, 0.2) is 11.5 Å². The Kier molecular flexibility index (Phi) is 6.77. The number of H-pyrrole nitrogens is 1. The quantitative estimate of drug-likeness (QED) is 0.560. The minimum atomic E-state index is -0.646. The zero-order chi connectivity index (χ0) is 21.7. The van der Waals surface area contributed by atoms with Crippen LogP contribution in [0.3, 0.4) is 0 Å². The molecule has 1 N–H and O–H groups in total. The predicted octanol–water partition coefficient (Wildman–Crippen LogP) is 4.34. The van der Waals surface area contributed by atoms with Crippen LogP contribution in [-0.4, -0.2) is 30.8 Å². The van der Waals surface area contributed by atoms with E-state index in [-0.39, 0.29) is 12.2 Å². The molecule has 0 saturated heterocycles. The molecule has 0 aliphatic heterocycles. The number of aromatic nitrogens is 1. The molecule has 0 aliphatic rings. The highest BCUT2D eigenvalue weighted by Gasteiger charge is 2.17. The molecule has 2 aromatic carbocycles. The maximum atomic E-state index is 12.8. The second-order valence-electron chi connectivity index (χ2n) is 7.06. The summed E-state index contributed by atoms with van der Waals surface area (Å²) in [5.74, 6) is 0.374. The maximum absolute atomic E-state index is 12.8. The summed E-state index contributed by atoms with van der Waals surface area (Å²) in [6, 6.07) is 9.69. The maximum Gasteiger partial charge on any atom is 0.343 e. The van der Waals surface area contributed by atoms with Crippen LogP contribution in [0.25, 0.3) is 10.9 Å². The number of hydrogen-bond donors (Lipinski definition) is 1. The van der Waals surface area contributed by atoms with E-state index in [1.54, 1.807) is 19.1 Å². The highest BCUT2D eigenvalue weighted by molar-refractivity contribution is 5.94. The molecule has 1 aromatic heterocycles. The molecular weight excluding hydrogens is 382 g/mol. The van der Waals surface area contributed by atoms with E-state index in [1.807, 2.05) is 6.92 Å². The van der Waals surface area contributed by atoms with Gasteiger partial charge in [0.25, 0.3) is 0 Å². The molecule has 0 unspecified atom stereocenters. The fourth-order valence-corrected chi connectivity index (χ4v) is 3.31. The number of hydrogen-bond acceptors (Lipinski definition) is 5. The molecule has 6 nitrogen and oxygen atoms in total. The smallest absolute Gasteiger partial charge is 0.343 e. The third-order valence-corrected chi connectivity index (χ3v) is 4.87. The molecule has 3 aromatic rings. The van der Waals surface area contributed by atoms with Crippen LogP contribution in [0.5, 0.6) is 11.5 Å². The fraction of sp³-hybridized carbons (Fsp3) is 0.333. The first-order valence-corrected chi connectivity index (χ1v) is 10.1. The number of benzene rings is 2. The minimum absolute atomic E-state index is 0.0326. The number of fused-ring (bicyclic) bond motifs is 1. The first-order valence-electron chi connectivity index (χ1n) is 10.1. The van der Waals surface area contributed by atoms with Crippen LogP contribution in [0.1, 0.15) is 40.9 Å². The van der Waals surface area contributed by atoms with Gasteiger partial charge in [-0.05, 0) is 44.9 Å². The van der Waals surface area contributed by atoms with Gasteiger partial charge in [0.05, 0.1) is 30.7 Å². The lowest BCUT2D eigenvalue weighted by atomic mass is 10.0. The number of carbonyl (C=O) groups excluding carboxylic acids is 1. The number of aromatic amines is 1. The summed E-state index contributed by atoms with van der Waals surface area (Å²) in [7, 11) is 0. The highest BCUT2D eigenvalue weighted by Crippen LogP contribution is 2.31. The number of rotatable bonds is 8. The Morgan fingerprint density at radius 3 is 2.50 bits per heavy atom. The van der Waals surface area contributed by atoms with Crippen molar-refractivity contribution in [3.63, 3.8) is 0 Å². The Morgan fingerprint density at radius 1 is 1.00 bits per heavy atom. The SMILES string of the molecule is CCOC(=O)c1c[nH]c2cc(OCC)c(OCCc3cc(C)ccc3C)cc2c1=O. The zero-order valence-corrected chi connectivity index (χ0v) is 17.8.